The molecule has 20 heavy (non-hydrogen) atoms. The van der Waals surface area contributed by atoms with Gasteiger partial charge in [-0.05, 0) is 50.2 Å². The summed E-state index contributed by atoms with van der Waals surface area (Å²) in [7, 11) is 0. The van der Waals surface area contributed by atoms with E-state index in [0.29, 0.717) is 5.02 Å². The van der Waals surface area contributed by atoms with Crippen molar-refractivity contribution in [3.8, 4) is 0 Å². The van der Waals surface area contributed by atoms with E-state index < -0.39 is 0 Å². The summed E-state index contributed by atoms with van der Waals surface area (Å²) < 4.78 is 5.33. The highest BCUT2D eigenvalue weighted by Gasteiger charge is 2.21. The van der Waals surface area contributed by atoms with Crippen LogP contribution in [0.5, 0.6) is 0 Å². The van der Waals surface area contributed by atoms with Crippen molar-refractivity contribution in [3.63, 3.8) is 0 Å². The highest BCUT2D eigenvalue weighted by atomic mass is 35.5. The second-order valence-corrected chi connectivity index (χ2v) is 5.22. The number of carbonyl (C=O) groups excluding carboxylic acids is 1. The standard InChI is InChI=1S/C15H17ClN2O2/c1-10(14-4-3-9-20-14)17-11(2)15(19)18-13-7-5-12(16)6-8-13/h3-11,17H,1-2H3,(H,18,19)/p+1/t10-,11-/m1/s1. The van der Waals surface area contributed by atoms with Crippen molar-refractivity contribution in [3.05, 3.63) is 53.4 Å². The van der Waals surface area contributed by atoms with E-state index in [4.69, 9.17) is 16.0 Å². The van der Waals surface area contributed by atoms with Gasteiger partial charge in [-0.15, -0.1) is 0 Å². The fraction of sp³-hybridized carbons (Fsp3) is 0.267. The van der Waals surface area contributed by atoms with Gasteiger partial charge in [-0.25, -0.2) is 0 Å². The van der Waals surface area contributed by atoms with Gasteiger partial charge >= 0.3 is 0 Å². The van der Waals surface area contributed by atoms with Crippen LogP contribution in [0.3, 0.4) is 0 Å². The Kier molecular flexibility index (Phi) is 4.82. The molecule has 2 atom stereocenters. The van der Waals surface area contributed by atoms with Crippen LogP contribution in [0.25, 0.3) is 0 Å². The summed E-state index contributed by atoms with van der Waals surface area (Å²) in [6, 6.07) is 10.7. The molecule has 1 aromatic heterocycles. The van der Waals surface area contributed by atoms with Gasteiger partial charge in [0.25, 0.3) is 5.91 Å². The van der Waals surface area contributed by atoms with Crippen LogP contribution in [0.2, 0.25) is 5.02 Å². The Balaban J connectivity index is 1.90. The molecule has 0 fully saturated rings. The van der Waals surface area contributed by atoms with E-state index >= 15 is 0 Å². The van der Waals surface area contributed by atoms with Gasteiger partial charge in [-0.3, -0.25) is 4.79 Å². The minimum absolute atomic E-state index is 0.0503. The van der Waals surface area contributed by atoms with Crippen LogP contribution in [-0.4, -0.2) is 11.9 Å². The van der Waals surface area contributed by atoms with Crippen molar-refractivity contribution < 1.29 is 14.5 Å². The lowest BCUT2D eigenvalue weighted by Gasteiger charge is -2.15. The molecular formula is C15H18ClN2O2+. The molecule has 1 amide bonds. The first kappa shape index (κ1) is 14.6. The molecule has 0 unspecified atom stereocenters. The quantitative estimate of drug-likeness (QED) is 0.890. The van der Waals surface area contributed by atoms with E-state index in [9.17, 15) is 4.79 Å². The van der Waals surface area contributed by atoms with Crippen LogP contribution >= 0.6 is 11.6 Å². The molecule has 1 heterocycles. The second-order valence-electron chi connectivity index (χ2n) is 4.78. The number of rotatable bonds is 5. The average molecular weight is 294 g/mol. The molecule has 0 radical (unpaired) electrons. The van der Waals surface area contributed by atoms with Gasteiger partial charge in [-0.2, -0.15) is 0 Å². The maximum absolute atomic E-state index is 12.1. The second kappa shape index (κ2) is 6.59. The monoisotopic (exact) mass is 293 g/mol. The van der Waals surface area contributed by atoms with Crippen LogP contribution < -0.4 is 10.6 Å². The van der Waals surface area contributed by atoms with Crippen molar-refractivity contribution in [1.82, 2.24) is 0 Å². The molecule has 0 saturated carbocycles. The summed E-state index contributed by atoms with van der Waals surface area (Å²) in [5.41, 5.74) is 0.741. The van der Waals surface area contributed by atoms with Crippen molar-refractivity contribution >= 4 is 23.2 Å². The van der Waals surface area contributed by atoms with Crippen LogP contribution in [0.4, 0.5) is 5.69 Å². The summed E-state index contributed by atoms with van der Waals surface area (Å²) in [6.07, 6.45) is 1.64. The van der Waals surface area contributed by atoms with Crippen molar-refractivity contribution in [1.29, 1.82) is 0 Å². The van der Waals surface area contributed by atoms with Gasteiger partial charge in [0, 0.05) is 10.7 Å². The number of halogens is 1. The zero-order valence-electron chi connectivity index (χ0n) is 11.5. The average Bonchev–Trinajstić information content (AvgIpc) is 2.95. The summed E-state index contributed by atoms with van der Waals surface area (Å²) in [5.74, 6) is 0.807. The molecule has 3 N–H and O–H groups in total. The molecule has 2 rings (SSSR count). The van der Waals surface area contributed by atoms with Crippen LogP contribution in [0, 0.1) is 0 Å². The number of quaternary nitrogens is 1. The van der Waals surface area contributed by atoms with Crippen molar-refractivity contribution in [2.75, 3.05) is 5.32 Å². The summed E-state index contributed by atoms with van der Waals surface area (Å²) in [5, 5.41) is 5.47. The predicted octanol–water partition coefficient (Wildman–Crippen LogP) is 2.58. The first-order valence-corrected chi connectivity index (χ1v) is 6.89. The van der Waals surface area contributed by atoms with Gasteiger partial charge in [0.05, 0.1) is 6.26 Å². The minimum atomic E-state index is -0.217. The Morgan fingerprint density at radius 2 is 1.95 bits per heavy atom. The first-order valence-electron chi connectivity index (χ1n) is 6.51. The molecular weight excluding hydrogens is 276 g/mol. The number of anilines is 1. The fourth-order valence-corrected chi connectivity index (χ4v) is 2.08. The van der Waals surface area contributed by atoms with E-state index in [1.54, 1.807) is 30.5 Å². The number of hydrogen-bond acceptors (Lipinski definition) is 2. The molecule has 0 aliphatic heterocycles. The number of hydrogen-bond donors (Lipinski definition) is 2. The minimum Gasteiger partial charge on any atom is -0.463 e. The molecule has 0 bridgehead atoms. The number of carbonyl (C=O) groups is 1. The normalized spacial score (nSPS) is 13.8. The predicted molar refractivity (Wildman–Crippen MR) is 78.6 cm³/mol. The van der Waals surface area contributed by atoms with Gasteiger partial charge in [0.15, 0.2) is 11.8 Å². The summed E-state index contributed by atoms with van der Waals surface area (Å²) in [4.78, 5) is 12.1. The first-order chi connectivity index (χ1) is 9.56. The lowest BCUT2D eigenvalue weighted by molar-refractivity contribution is -0.711. The number of amides is 1. The fourth-order valence-electron chi connectivity index (χ4n) is 1.95. The molecule has 0 saturated heterocycles. The third-order valence-corrected chi connectivity index (χ3v) is 3.35. The van der Waals surface area contributed by atoms with E-state index in [1.165, 1.54) is 0 Å². The maximum atomic E-state index is 12.1. The molecule has 4 nitrogen and oxygen atoms in total. The summed E-state index contributed by atoms with van der Waals surface area (Å²) >= 11 is 5.81. The maximum Gasteiger partial charge on any atom is 0.282 e. The molecule has 1 aromatic carbocycles. The Bertz CT molecular complexity index is 552. The van der Waals surface area contributed by atoms with E-state index in [0.717, 1.165) is 11.4 Å². The third kappa shape index (κ3) is 3.85. The third-order valence-electron chi connectivity index (χ3n) is 3.09. The molecule has 5 heteroatoms. The summed E-state index contributed by atoms with van der Waals surface area (Å²) in [6.45, 7) is 3.87. The smallest absolute Gasteiger partial charge is 0.282 e. The van der Waals surface area contributed by atoms with Gasteiger partial charge in [0.2, 0.25) is 0 Å². The number of nitrogens with one attached hydrogen (secondary N) is 1. The van der Waals surface area contributed by atoms with E-state index in [1.807, 2.05) is 31.3 Å². The van der Waals surface area contributed by atoms with Gasteiger partial charge in [-0.1, -0.05) is 11.6 Å². The highest BCUT2D eigenvalue weighted by Crippen LogP contribution is 2.13. The molecule has 106 valence electrons. The highest BCUT2D eigenvalue weighted by molar-refractivity contribution is 6.30. The van der Waals surface area contributed by atoms with E-state index in [2.05, 4.69) is 5.32 Å². The Morgan fingerprint density at radius 3 is 2.55 bits per heavy atom. The number of nitrogens with two attached hydrogens (primary N) is 1. The van der Waals surface area contributed by atoms with Gasteiger partial charge in [0.1, 0.15) is 6.04 Å². The zero-order chi connectivity index (χ0) is 14.5. The zero-order valence-corrected chi connectivity index (χ0v) is 12.2. The van der Waals surface area contributed by atoms with Crippen molar-refractivity contribution in [2.45, 2.75) is 25.9 Å². The number of benzene rings is 1. The Morgan fingerprint density at radius 1 is 1.25 bits per heavy atom. The molecule has 2 aromatic rings. The number of furan rings is 1. The lowest BCUT2D eigenvalue weighted by atomic mass is 10.2. The van der Waals surface area contributed by atoms with Crippen LogP contribution in [0.1, 0.15) is 25.6 Å². The van der Waals surface area contributed by atoms with E-state index in [-0.39, 0.29) is 18.0 Å². The SMILES string of the molecule is C[C@@H]([NH2+][C@H](C)c1ccco1)C(=O)Nc1ccc(Cl)cc1. The largest absolute Gasteiger partial charge is 0.463 e. The Labute approximate surface area is 123 Å². The molecule has 0 aliphatic carbocycles. The molecule has 0 spiro atoms. The topological polar surface area (TPSA) is 58.9 Å². The van der Waals surface area contributed by atoms with Crippen molar-refractivity contribution in [2.24, 2.45) is 0 Å². The Hall–Kier alpha value is -1.78. The van der Waals surface area contributed by atoms with Crippen LogP contribution in [-0.2, 0) is 4.79 Å². The van der Waals surface area contributed by atoms with Gasteiger partial charge < -0.3 is 15.1 Å². The van der Waals surface area contributed by atoms with Crippen LogP contribution in [0.15, 0.2) is 47.1 Å². The molecule has 0 aliphatic rings. The lowest BCUT2D eigenvalue weighted by Crippen LogP contribution is -2.91.